The van der Waals surface area contributed by atoms with Crippen molar-refractivity contribution in [3.05, 3.63) is 36.9 Å². The number of benzene rings is 1. The number of rotatable bonds is 1. The lowest BCUT2D eigenvalue weighted by atomic mass is 10.4. The maximum Gasteiger partial charge on any atom is -0.0624 e. The van der Waals surface area contributed by atoms with Gasteiger partial charge in [0.15, 0.2) is 0 Å². The van der Waals surface area contributed by atoms with Crippen molar-refractivity contribution < 1.29 is 0 Å². The molecule has 1 heteroatoms. The van der Waals surface area contributed by atoms with Gasteiger partial charge in [-0.15, -0.1) is 4.90 Å². The second-order valence-corrected chi connectivity index (χ2v) is 3.39. The summed E-state index contributed by atoms with van der Waals surface area (Å²) in [6.45, 7) is 3.56. The van der Waals surface area contributed by atoms with E-state index in [1.165, 1.54) is 4.90 Å². The van der Waals surface area contributed by atoms with Crippen LogP contribution in [0.1, 0.15) is 0 Å². The molecule has 10 heavy (non-hydrogen) atoms. The third-order valence-electron chi connectivity index (χ3n) is 1.20. The fourth-order valence-electron chi connectivity index (χ4n) is 0.668. The van der Waals surface area contributed by atoms with E-state index in [4.69, 9.17) is 0 Å². The van der Waals surface area contributed by atoms with Crippen molar-refractivity contribution in [3.8, 4) is 0 Å². The molecular weight excluding hydrogens is 140 g/mol. The third-order valence-corrected chi connectivity index (χ3v) is 2.39. The summed E-state index contributed by atoms with van der Waals surface area (Å²) in [5, 5.41) is 2.85. The minimum Gasteiger partial charge on any atom is -0.409 e. The summed E-state index contributed by atoms with van der Waals surface area (Å²) in [5.74, 6) is 3.88. The molecule has 1 aromatic carbocycles. The standard InChI is InChI=1S/C9H9S/c1-3-10(2)9-7-5-4-6-8-9/h4-8H,1-2H2/q-1. The summed E-state index contributed by atoms with van der Waals surface area (Å²) < 4.78 is 0. The summed E-state index contributed by atoms with van der Waals surface area (Å²) in [6, 6.07) is 10.1. The minimum absolute atomic E-state index is 0.151. The van der Waals surface area contributed by atoms with Crippen molar-refractivity contribution in [3.63, 3.8) is 0 Å². The molecule has 0 bridgehead atoms. The molecule has 0 aliphatic carbocycles. The predicted octanol–water partition coefficient (Wildman–Crippen LogP) is 1.68. The third kappa shape index (κ3) is 1.53. The molecule has 0 fully saturated rings. The van der Waals surface area contributed by atoms with E-state index in [2.05, 4.69) is 17.5 Å². The molecule has 0 nitrogen and oxygen atoms in total. The maximum atomic E-state index is 3.88. The van der Waals surface area contributed by atoms with Gasteiger partial charge in [-0.1, -0.05) is 36.9 Å². The first kappa shape index (κ1) is 7.20. The first-order valence-electron chi connectivity index (χ1n) is 2.96. The Morgan fingerprint density at radius 3 is 2.30 bits per heavy atom. The van der Waals surface area contributed by atoms with Crippen molar-refractivity contribution >= 4 is 21.0 Å². The lowest BCUT2D eigenvalue weighted by Crippen LogP contribution is -1.76. The normalized spacial score (nSPS) is 9.30. The van der Waals surface area contributed by atoms with Crippen LogP contribution >= 0.6 is 0 Å². The molecule has 0 saturated heterocycles. The highest BCUT2D eigenvalue weighted by atomic mass is 32.2. The van der Waals surface area contributed by atoms with Crippen LogP contribution in [0.2, 0.25) is 0 Å². The summed E-state index contributed by atoms with van der Waals surface area (Å²) >= 11 is 0. The second-order valence-electron chi connectivity index (χ2n) is 1.85. The molecule has 0 aliphatic rings. The van der Waals surface area contributed by atoms with Crippen LogP contribution in [0, 0.1) is 0 Å². The number of hydrogen-bond donors (Lipinski definition) is 0. The lowest BCUT2D eigenvalue weighted by molar-refractivity contribution is 1.47. The van der Waals surface area contributed by atoms with Crippen molar-refractivity contribution in [2.45, 2.75) is 4.90 Å². The van der Waals surface area contributed by atoms with Gasteiger partial charge in [0.2, 0.25) is 0 Å². The van der Waals surface area contributed by atoms with Crippen LogP contribution in [0.3, 0.4) is 0 Å². The van der Waals surface area contributed by atoms with E-state index in [0.29, 0.717) is 0 Å². The SMILES string of the molecule is C=C=[S-](=C)c1ccccc1. The highest BCUT2D eigenvalue weighted by Crippen LogP contribution is 1.98. The monoisotopic (exact) mass is 149 g/mol. The Balaban J connectivity index is 3.21. The van der Waals surface area contributed by atoms with Gasteiger partial charge in [0.1, 0.15) is 0 Å². The highest BCUT2D eigenvalue weighted by Gasteiger charge is 1.70. The van der Waals surface area contributed by atoms with Crippen molar-refractivity contribution in [2.24, 2.45) is 0 Å². The van der Waals surface area contributed by atoms with E-state index >= 15 is 0 Å². The van der Waals surface area contributed by atoms with E-state index < -0.39 is 0 Å². The molecule has 0 atom stereocenters. The van der Waals surface area contributed by atoms with Gasteiger partial charge < -0.3 is 10.1 Å². The van der Waals surface area contributed by atoms with Crippen LogP contribution in [0.25, 0.3) is 0 Å². The zero-order valence-electron chi connectivity index (χ0n) is 5.71. The first-order chi connectivity index (χ1) is 4.84. The van der Waals surface area contributed by atoms with Crippen LogP contribution < -0.4 is 0 Å². The van der Waals surface area contributed by atoms with Gasteiger partial charge in [-0.3, -0.25) is 5.02 Å². The topological polar surface area (TPSA) is 0 Å². The summed E-state index contributed by atoms with van der Waals surface area (Å²) in [6.07, 6.45) is 0. The van der Waals surface area contributed by atoms with Gasteiger partial charge in [-0.05, 0) is 0 Å². The Bertz CT molecular complexity index is 299. The smallest absolute Gasteiger partial charge is 0.0624 e. The molecule has 52 valence electrons. The van der Waals surface area contributed by atoms with E-state index in [0.717, 1.165) is 0 Å². The highest BCUT2D eigenvalue weighted by molar-refractivity contribution is 7.92. The molecule has 1 aromatic rings. The fourth-order valence-corrected chi connectivity index (χ4v) is 1.32. The molecule has 1 rings (SSSR count). The van der Waals surface area contributed by atoms with Crippen molar-refractivity contribution in [1.82, 2.24) is 0 Å². The predicted molar refractivity (Wildman–Crippen MR) is 49.8 cm³/mol. The molecule has 0 spiro atoms. The zero-order chi connectivity index (χ0) is 7.40. The molecule has 0 N–H and O–H groups in total. The molecule has 0 saturated carbocycles. The molecule has 0 heterocycles. The van der Waals surface area contributed by atoms with Gasteiger partial charge in [0, 0.05) is 0 Å². The van der Waals surface area contributed by atoms with Gasteiger partial charge in [0.25, 0.3) is 0 Å². The van der Waals surface area contributed by atoms with E-state index in [1.54, 1.807) is 0 Å². The Hall–Kier alpha value is -0.910. The van der Waals surface area contributed by atoms with Crippen LogP contribution in [-0.2, 0) is 10.1 Å². The van der Waals surface area contributed by atoms with Crippen LogP contribution in [0.15, 0.2) is 41.8 Å². The van der Waals surface area contributed by atoms with Crippen LogP contribution in [0.5, 0.6) is 0 Å². The van der Waals surface area contributed by atoms with Gasteiger partial charge in [-0.2, -0.15) is 0 Å². The summed E-state index contributed by atoms with van der Waals surface area (Å²) in [7, 11) is -0.151. The minimum atomic E-state index is -0.151. The van der Waals surface area contributed by atoms with Gasteiger partial charge in [0.05, 0.1) is 0 Å². The average molecular weight is 149 g/mol. The van der Waals surface area contributed by atoms with E-state index in [1.807, 2.05) is 30.3 Å². The van der Waals surface area contributed by atoms with E-state index in [-0.39, 0.29) is 10.1 Å². The molecular formula is C9H9S-. The molecule has 0 aromatic heterocycles. The zero-order valence-corrected chi connectivity index (χ0v) is 6.53. The van der Waals surface area contributed by atoms with Gasteiger partial charge >= 0.3 is 0 Å². The second kappa shape index (κ2) is 3.31. The molecule has 0 radical (unpaired) electrons. The van der Waals surface area contributed by atoms with Crippen molar-refractivity contribution in [1.29, 1.82) is 0 Å². The quantitative estimate of drug-likeness (QED) is 0.421. The van der Waals surface area contributed by atoms with Crippen LogP contribution in [0.4, 0.5) is 0 Å². The summed E-state index contributed by atoms with van der Waals surface area (Å²) in [5.41, 5.74) is 0. The van der Waals surface area contributed by atoms with Crippen molar-refractivity contribution in [2.75, 3.05) is 0 Å². The Kier molecular flexibility index (Phi) is 2.38. The molecule has 0 aliphatic heterocycles. The average Bonchev–Trinajstić information content (AvgIpc) is 2.05. The largest absolute Gasteiger partial charge is 0.409 e. The van der Waals surface area contributed by atoms with Gasteiger partial charge in [-0.25, -0.2) is 5.87 Å². The molecule has 0 amide bonds. The summed E-state index contributed by atoms with van der Waals surface area (Å²) in [4.78, 5) is 1.19. The lowest BCUT2D eigenvalue weighted by Gasteiger charge is -2.04. The van der Waals surface area contributed by atoms with E-state index in [9.17, 15) is 0 Å². The number of hydrogen-bond acceptors (Lipinski definition) is 1. The fraction of sp³-hybridized carbons (Fsp3) is 0. The maximum absolute atomic E-state index is 3.88. The molecule has 0 unspecified atom stereocenters. The Morgan fingerprint density at radius 2 is 1.80 bits per heavy atom. The Morgan fingerprint density at radius 1 is 1.20 bits per heavy atom. The van der Waals surface area contributed by atoms with Crippen LogP contribution in [-0.4, -0.2) is 10.9 Å². The first-order valence-corrected chi connectivity index (χ1v) is 4.36. The Labute approximate surface area is 63.3 Å².